The molecule has 0 spiro atoms. The number of hydrogen-bond acceptors (Lipinski definition) is 15. The van der Waals surface area contributed by atoms with Crippen LogP contribution in [0.25, 0.3) is 6.08 Å². The summed E-state index contributed by atoms with van der Waals surface area (Å²) in [6.07, 6.45) is -3.43. The summed E-state index contributed by atoms with van der Waals surface area (Å²) < 4.78 is 48.0. The number of unbranched alkanes of at least 4 members (excludes halogenated alkanes) is 2. The Bertz CT molecular complexity index is 1580. The molecular weight excluding hydrogens is 768 g/mol. The van der Waals surface area contributed by atoms with Crippen molar-refractivity contribution < 1.29 is 72.1 Å². The minimum atomic E-state index is -1.87. The Kier molecular flexibility index (Phi) is 19.6. The molecule has 328 valence electrons. The zero-order valence-electron chi connectivity index (χ0n) is 34.9. The van der Waals surface area contributed by atoms with Crippen LogP contribution in [0.4, 0.5) is 0 Å². The predicted molar refractivity (Wildman–Crippen MR) is 212 cm³/mol. The van der Waals surface area contributed by atoms with Gasteiger partial charge >= 0.3 is 23.9 Å². The van der Waals surface area contributed by atoms with Gasteiger partial charge in [0, 0.05) is 31.4 Å². The lowest BCUT2D eigenvalue weighted by Gasteiger charge is -2.47. The Morgan fingerprint density at radius 2 is 1.56 bits per heavy atom. The van der Waals surface area contributed by atoms with E-state index in [0.717, 1.165) is 44.6 Å². The lowest BCUT2D eigenvalue weighted by Crippen LogP contribution is -2.65. The summed E-state index contributed by atoms with van der Waals surface area (Å²) in [5, 5.41) is 23.8. The monoisotopic (exact) mass is 830 g/mol. The van der Waals surface area contributed by atoms with Gasteiger partial charge in [-0.2, -0.15) is 0 Å². The Morgan fingerprint density at radius 1 is 0.814 bits per heavy atom. The van der Waals surface area contributed by atoms with Gasteiger partial charge < -0.3 is 48.1 Å². The zero-order chi connectivity index (χ0) is 42.9. The SMILES string of the molecule is C/C=C(\C)C(=O)OC1C(O)C2OC(COC(=O)CCC(=O)CCCCCCC(CCCCC)OC3OC(C)C(OC(C)=O)C(O)C3O2)C1OC(=O)/C=C/c1ccccc1. The molecule has 3 aliphatic heterocycles. The third-order valence-electron chi connectivity index (χ3n) is 10.6. The molecule has 1 aromatic rings. The second-order valence-electron chi connectivity index (χ2n) is 15.3. The van der Waals surface area contributed by atoms with Gasteiger partial charge in [-0.05, 0) is 51.7 Å². The molecule has 0 aliphatic carbocycles. The molecule has 4 rings (SSSR count). The fourth-order valence-electron chi connectivity index (χ4n) is 7.17. The first-order valence-corrected chi connectivity index (χ1v) is 20.9. The van der Waals surface area contributed by atoms with Gasteiger partial charge in [-0.1, -0.05) is 81.9 Å². The molecule has 3 fully saturated rings. The molecule has 59 heavy (non-hydrogen) atoms. The first-order chi connectivity index (χ1) is 28.3. The highest BCUT2D eigenvalue weighted by Gasteiger charge is 2.55. The number of rotatable bonds is 10. The van der Waals surface area contributed by atoms with E-state index in [-0.39, 0.29) is 30.3 Å². The number of carbonyl (C=O) groups is 5. The fourth-order valence-corrected chi connectivity index (χ4v) is 7.17. The van der Waals surface area contributed by atoms with Crippen molar-refractivity contribution in [3.63, 3.8) is 0 Å². The lowest BCUT2D eigenvalue weighted by molar-refractivity contribution is -0.369. The molecule has 3 aliphatic rings. The molecule has 0 amide bonds. The number of ether oxygens (including phenoxy) is 8. The summed E-state index contributed by atoms with van der Waals surface area (Å²) >= 11 is 0. The fraction of sp³-hybridized carbons (Fsp3) is 0.659. The van der Waals surface area contributed by atoms with Crippen LogP contribution in [-0.4, -0.2) is 114 Å². The second-order valence-corrected chi connectivity index (χ2v) is 15.3. The number of ketones is 1. The molecule has 2 N–H and O–H groups in total. The normalized spacial score (nSPS) is 32.0. The van der Waals surface area contributed by atoms with Crippen LogP contribution in [0.5, 0.6) is 0 Å². The van der Waals surface area contributed by atoms with Gasteiger partial charge in [-0.3, -0.25) is 14.4 Å². The summed E-state index contributed by atoms with van der Waals surface area (Å²) in [5.74, 6) is -3.23. The molecule has 11 unspecified atom stereocenters. The minimum absolute atomic E-state index is 0.0312. The van der Waals surface area contributed by atoms with Crippen LogP contribution < -0.4 is 0 Å². The molecule has 1 aromatic carbocycles. The number of allylic oxidation sites excluding steroid dienone is 1. The third kappa shape index (κ3) is 14.9. The minimum Gasteiger partial charge on any atom is -0.463 e. The van der Waals surface area contributed by atoms with E-state index in [1.807, 2.05) is 6.07 Å². The molecule has 0 aromatic heterocycles. The van der Waals surface area contributed by atoms with Gasteiger partial charge in [0.2, 0.25) is 0 Å². The Balaban J connectivity index is 1.74. The number of aliphatic hydroxyl groups excluding tert-OH is 2. The van der Waals surface area contributed by atoms with Crippen molar-refractivity contribution in [1.82, 2.24) is 0 Å². The maximum absolute atomic E-state index is 13.3. The number of hydrogen-bond donors (Lipinski definition) is 2. The molecule has 0 saturated carbocycles. The zero-order valence-corrected chi connectivity index (χ0v) is 34.9. The van der Waals surface area contributed by atoms with Crippen molar-refractivity contribution in [3.05, 3.63) is 53.6 Å². The number of aliphatic hydroxyl groups is 2. The van der Waals surface area contributed by atoms with E-state index in [4.69, 9.17) is 37.9 Å². The number of Topliss-reactive ketones (excluding diaryl/α,β-unsaturated/α-hetero) is 1. The van der Waals surface area contributed by atoms with Crippen molar-refractivity contribution in [1.29, 1.82) is 0 Å². The van der Waals surface area contributed by atoms with Gasteiger partial charge in [0.1, 0.15) is 36.8 Å². The topological polar surface area (TPSA) is 200 Å². The van der Waals surface area contributed by atoms with E-state index in [2.05, 4.69) is 6.92 Å². The van der Waals surface area contributed by atoms with Crippen molar-refractivity contribution in [2.24, 2.45) is 0 Å². The van der Waals surface area contributed by atoms with Crippen LogP contribution in [0.15, 0.2) is 48.1 Å². The maximum atomic E-state index is 13.3. The highest BCUT2D eigenvalue weighted by Crippen LogP contribution is 2.34. The van der Waals surface area contributed by atoms with E-state index in [1.165, 1.54) is 26.0 Å². The van der Waals surface area contributed by atoms with E-state index >= 15 is 0 Å². The lowest BCUT2D eigenvalue weighted by atomic mass is 9.96. The smallest absolute Gasteiger partial charge is 0.333 e. The molecule has 11 atom stereocenters. The van der Waals surface area contributed by atoms with Crippen LogP contribution >= 0.6 is 0 Å². The highest BCUT2D eigenvalue weighted by molar-refractivity contribution is 5.88. The van der Waals surface area contributed by atoms with Crippen molar-refractivity contribution in [2.45, 2.75) is 179 Å². The van der Waals surface area contributed by atoms with Crippen molar-refractivity contribution in [3.8, 4) is 0 Å². The largest absolute Gasteiger partial charge is 0.463 e. The second kappa shape index (κ2) is 24.3. The maximum Gasteiger partial charge on any atom is 0.333 e. The molecule has 15 nitrogen and oxygen atoms in total. The van der Waals surface area contributed by atoms with Crippen molar-refractivity contribution >= 4 is 35.7 Å². The Morgan fingerprint density at radius 3 is 2.27 bits per heavy atom. The standard InChI is InChI=1S/C44H62O15/c1-6-8-12-20-32-21-16-10-9-15-19-31(46)23-25-34(47)52-26-33-39(57-35(48)24-22-30-17-13-11-14-18-30)40(58-42(51)27(3)7-2)37(50)43(56-33)59-41-36(49)38(54-29(5)45)28(4)53-44(41)55-32/h7,11,13-14,17-18,22,24,28,32-33,36-41,43-44,49-50H,6,8-10,12,15-16,19-21,23,25-26H2,1-5H3/b24-22+,27-7+. The number of cyclic esters (lactones) is 1. The first kappa shape index (κ1) is 47.7. The van der Waals surface area contributed by atoms with E-state index in [9.17, 15) is 34.2 Å². The van der Waals surface area contributed by atoms with E-state index in [0.29, 0.717) is 31.2 Å². The summed E-state index contributed by atoms with van der Waals surface area (Å²) in [7, 11) is 0. The van der Waals surface area contributed by atoms with E-state index < -0.39 is 91.9 Å². The van der Waals surface area contributed by atoms with Crippen LogP contribution in [0.2, 0.25) is 0 Å². The summed E-state index contributed by atoms with van der Waals surface area (Å²) in [4.78, 5) is 64.5. The van der Waals surface area contributed by atoms with Gasteiger partial charge in [0.15, 0.2) is 30.9 Å². The number of carbonyl (C=O) groups excluding carboxylic acids is 5. The van der Waals surface area contributed by atoms with Crippen LogP contribution in [0, 0.1) is 0 Å². The Labute approximate surface area is 346 Å². The van der Waals surface area contributed by atoms with E-state index in [1.54, 1.807) is 38.1 Å². The van der Waals surface area contributed by atoms with Gasteiger partial charge in [0.25, 0.3) is 0 Å². The summed E-state index contributed by atoms with van der Waals surface area (Å²) in [6, 6.07) is 8.92. The van der Waals surface area contributed by atoms with Crippen LogP contribution in [-0.2, 0) is 61.9 Å². The summed E-state index contributed by atoms with van der Waals surface area (Å²) in [5.41, 5.74) is 0.863. The molecular formula is C44H62O15. The summed E-state index contributed by atoms with van der Waals surface area (Å²) in [6.45, 7) is 7.45. The predicted octanol–water partition coefficient (Wildman–Crippen LogP) is 5.21. The molecule has 3 saturated heterocycles. The van der Waals surface area contributed by atoms with Crippen LogP contribution in [0.1, 0.15) is 117 Å². The number of fused-ring (bicyclic) bond motifs is 3. The molecule has 3 heterocycles. The third-order valence-corrected chi connectivity index (χ3v) is 10.6. The highest BCUT2D eigenvalue weighted by atomic mass is 16.8. The first-order valence-electron chi connectivity index (χ1n) is 20.9. The quantitative estimate of drug-likeness (QED) is 0.135. The van der Waals surface area contributed by atoms with Gasteiger partial charge in [-0.15, -0.1) is 0 Å². The van der Waals surface area contributed by atoms with Gasteiger partial charge in [0.05, 0.1) is 18.6 Å². The number of benzene rings is 1. The molecule has 0 radical (unpaired) electrons. The molecule has 15 heteroatoms. The Hall–Kier alpha value is -3.99. The average Bonchev–Trinajstić information content (AvgIpc) is 3.21. The van der Waals surface area contributed by atoms with Crippen LogP contribution in [0.3, 0.4) is 0 Å². The number of esters is 4. The van der Waals surface area contributed by atoms with Gasteiger partial charge in [-0.25, -0.2) is 9.59 Å². The van der Waals surface area contributed by atoms with Crippen molar-refractivity contribution in [2.75, 3.05) is 6.61 Å². The average molecular weight is 831 g/mol. The molecule has 2 bridgehead atoms.